The van der Waals surface area contributed by atoms with Gasteiger partial charge in [-0.15, -0.1) is 0 Å². The average Bonchev–Trinajstić information content (AvgIpc) is 2.93. The van der Waals surface area contributed by atoms with Crippen molar-refractivity contribution in [2.75, 3.05) is 26.2 Å². The molecule has 0 aromatic carbocycles. The van der Waals surface area contributed by atoms with Gasteiger partial charge in [-0.25, -0.2) is 8.78 Å². The van der Waals surface area contributed by atoms with Crippen molar-refractivity contribution in [2.24, 2.45) is 29.6 Å². The number of amides is 2. The van der Waals surface area contributed by atoms with Crippen LogP contribution < -0.4 is 5.32 Å². The molecule has 2 heterocycles. The zero-order valence-electron chi connectivity index (χ0n) is 13.8. The van der Waals surface area contributed by atoms with Crippen molar-refractivity contribution in [2.45, 2.75) is 38.2 Å². The summed E-state index contributed by atoms with van der Waals surface area (Å²) >= 11 is 0. The molecule has 2 aliphatic carbocycles. The van der Waals surface area contributed by atoms with Gasteiger partial charge in [0.25, 0.3) is 0 Å². The maximum absolute atomic E-state index is 12.8. The Morgan fingerprint density at radius 3 is 2.62 bits per heavy atom. The van der Waals surface area contributed by atoms with Crippen LogP contribution in [0.15, 0.2) is 0 Å². The van der Waals surface area contributed by atoms with E-state index in [9.17, 15) is 18.4 Å². The maximum atomic E-state index is 12.8. The normalized spacial score (nSPS) is 40.1. The second-order valence-electron chi connectivity index (χ2n) is 8.06. The first-order valence-corrected chi connectivity index (χ1v) is 8.90. The Morgan fingerprint density at radius 2 is 2.00 bits per heavy atom. The molecule has 4 aliphatic rings. The van der Waals surface area contributed by atoms with Gasteiger partial charge >= 0.3 is 0 Å². The summed E-state index contributed by atoms with van der Waals surface area (Å²) in [5.74, 6) is -2.19. The molecule has 0 bridgehead atoms. The van der Waals surface area contributed by atoms with Crippen molar-refractivity contribution in [3.05, 3.63) is 0 Å². The van der Waals surface area contributed by atoms with E-state index in [4.69, 9.17) is 4.74 Å². The van der Waals surface area contributed by atoms with Gasteiger partial charge in [0, 0.05) is 56.1 Å². The molecule has 2 aliphatic heterocycles. The number of alkyl halides is 2. The standard InChI is InChI=1S/C17H24F2N2O3/c1-9-2-12(9)16(23)21-6-13-11(8-24-14(13)7-21)5-20-15(22)10-3-17(18,19)4-10/h9-14H,2-8H2,1H3,(H,20,22)/t9-,11-,12-,13+,14+/m0/s1. The first-order chi connectivity index (χ1) is 11.3. The molecule has 4 fully saturated rings. The van der Waals surface area contributed by atoms with Crippen molar-refractivity contribution in [3.63, 3.8) is 0 Å². The van der Waals surface area contributed by atoms with Gasteiger partial charge in [-0.3, -0.25) is 9.59 Å². The lowest BCUT2D eigenvalue weighted by molar-refractivity contribution is -0.150. The molecule has 0 unspecified atom stereocenters. The van der Waals surface area contributed by atoms with Crippen LogP contribution in [0.5, 0.6) is 0 Å². The zero-order chi connectivity index (χ0) is 17.1. The Balaban J connectivity index is 1.26. The maximum Gasteiger partial charge on any atom is 0.249 e. The third-order valence-corrected chi connectivity index (χ3v) is 6.18. The van der Waals surface area contributed by atoms with E-state index in [0.717, 1.165) is 6.42 Å². The molecule has 0 radical (unpaired) electrons. The van der Waals surface area contributed by atoms with Crippen LogP contribution >= 0.6 is 0 Å². The van der Waals surface area contributed by atoms with Crippen LogP contribution in [0.25, 0.3) is 0 Å². The molecule has 7 heteroatoms. The fourth-order valence-corrected chi connectivity index (χ4v) is 4.31. The molecular formula is C17H24F2N2O3. The minimum absolute atomic E-state index is 0.0537. The Morgan fingerprint density at radius 1 is 1.29 bits per heavy atom. The van der Waals surface area contributed by atoms with Gasteiger partial charge in [-0.05, 0) is 12.3 Å². The molecule has 2 saturated heterocycles. The third kappa shape index (κ3) is 2.91. The minimum Gasteiger partial charge on any atom is -0.376 e. The monoisotopic (exact) mass is 342 g/mol. The second kappa shape index (κ2) is 5.64. The summed E-state index contributed by atoms with van der Waals surface area (Å²) in [6.07, 6.45) is 0.358. The van der Waals surface area contributed by atoms with E-state index < -0.39 is 11.8 Å². The van der Waals surface area contributed by atoms with E-state index in [1.54, 1.807) is 0 Å². The number of rotatable bonds is 4. The van der Waals surface area contributed by atoms with Crippen LogP contribution in [-0.4, -0.2) is 55.0 Å². The molecule has 2 saturated carbocycles. The molecule has 1 N–H and O–H groups in total. The summed E-state index contributed by atoms with van der Waals surface area (Å²) in [4.78, 5) is 26.2. The number of likely N-dealkylation sites (tertiary alicyclic amines) is 1. The summed E-state index contributed by atoms with van der Waals surface area (Å²) in [5, 5.41) is 2.81. The summed E-state index contributed by atoms with van der Waals surface area (Å²) < 4.78 is 31.5. The lowest BCUT2D eigenvalue weighted by Gasteiger charge is -2.34. The van der Waals surface area contributed by atoms with Gasteiger partial charge < -0.3 is 15.0 Å². The highest BCUT2D eigenvalue weighted by Crippen LogP contribution is 2.43. The van der Waals surface area contributed by atoms with Crippen LogP contribution in [0.1, 0.15) is 26.2 Å². The molecule has 5 atom stereocenters. The van der Waals surface area contributed by atoms with Crippen molar-refractivity contribution >= 4 is 11.8 Å². The Bertz CT molecular complexity index is 548. The molecule has 134 valence electrons. The molecule has 2 amide bonds. The fraction of sp³-hybridized carbons (Fsp3) is 0.882. The van der Waals surface area contributed by atoms with E-state index in [-0.39, 0.29) is 48.5 Å². The Labute approximate surface area is 140 Å². The highest BCUT2D eigenvalue weighted by atomic mass is 19.3. The topological polar surface area (TPSA) is 58.6 Å². The lowest BCUT2D eigenvalue weighted by Crippen LogP contribution is -2.46. The van der Waals surface area contributed by atoms with Gasteiger partial charge in [0.2, 0.25) is 17.7 Å². The summed E-state index contributed by atoms with van der Waals surface area (Å²) in [6.45, 7) is 4.45. The molecule has 0 aromatic rings. The van der Waals surface area contributed by atoms with Crippen molar-refractivity contribution in [1.29, 1.82) is 0 Å². The van der Waals surface area contributed by atoms with Crippen LogP contribution in [0.2, 0.25) is 0 Å². The summed E-state index contributed by atoms with van der Waals surface area (Å²) in [5.41, 5.74) is 0. The number of nitrogens with one attached hydrogen (secondary N) is 1. The van der Waals surface area contributed by atoms with E-state index in [1.165, 1.54) is 0 Å². The van der Waals surface area contributed by atoms with Gasteiger partial charge in [0.15, 0.2) is 0 Å². The van der Waals surface area contributed by atoms with E-state index in [1.807, 2.05) is 4.90 Å². The van der Waals surface area contributed by atoms with Gasteiger partial charge in [-0.1, -0.05) is 6.92 Å². The molecule has 0 aromatic heterocycles. The number of hydrogen-bond donors (Lipinski definition) is 1. The van der Waals surface area contributed by atoms with Crippen molar-refractivity contribution < 1.29 is 23.1 Å². The van der Waals surface area contributed by atoms with Gasteiger partial charge in [0.05, 0.1) is 12.7 Å². The Kier molecular flexibility index (Phi) is 3.82. The predicted molar refractivity (Wildman–Crippen MR) is 81.3 cm³/mol. The van der Waals surface area contributed by atoms with Crippen molar-refractivity contribution in [3.8, 4) is 0 Å². The highest BCUT2D eigenvalue weighted by molar-refractivity contribution is 5.82. The number of ether oxygens (including phenoxy) is 1. The molecule has 4 rings (SSSR count). The zero-order valence-corrected chi connectivity index (χ0v) is 13.8. The fourth-order valence-electron chi connectivity index (χ4n) is 4.31. The molecule has 24 heavy (non-hydrogen) atoms. The number of carbonyl (C=O) groups is 2. The second-order valence-corrected chi connectivity index (χ2v) is 8.06. The SMILES string of the molecule is C[C@H]1C[C@@H]1C(=O)N1C[C@@H]2[C@@H](CNC(=O)C3CC(F)(F)C3)CO[C@@H]2C1. The van der Waals surface area contributed by atoms with E-state index in [0.29, 0.717) is 32.2 Å². The number of halogens is 2. The minimum atomic E-state index is -2.67. The first-order valence-electron chi connectivity index (χ1n) is 8.90. The number of nitrogens with zero attached hydrogens (tertiary/aromatic N) is 1. The predicted octanol–water partition coefficient (Wildman–Crippen LogP) is 1.28. The van der Waals surface area contributed by atoms with E-state index in [2.05, 4.69) is 12.2 Å². The highest BCUT2D eigenvalue weighted by Gasteiger charge is 2.51. The van der Waals surface area contributed by atoms with Crippen LogP contribution in [0, 0.1) is 29.6 Å². The molecular weight excluding hydrogens is 318 g/mol. The quantitative estimate of drug-likeness (QED) is 0.837. The van der Waals surface area contributed by atoms with Gasteiger partial charge in [0.1, 0.15) is 0 Å². The third-order valence-electron chi connectivity index (χ3n) is 6.18. The first kappa shape index (κ1) is 16.2. The number of carbonyl (C=O) groups excluding carboxylic acids is 2. The van der Waals surface area contributed by atoms with Crippen molar-refractivity contribution in [1.82, 2.24) is 10.2 Å². The molecule has 5 nitrogen and oxygen atoms in total. The van der Waals surface area contributed by atoms with Crippen LogP contribution in [-0.2, 0) is 14.3 Å². The average molecular weight is 342 g/mol. The smallest absolute Gasteiger partial charge is 0.249 e. The lowest BCUT2D eigenvalue weighted by atomic mass is 9.80. The number of fused-ring (bicyclic) bond motifs is 1. The van der Waals surface area contributed by atoms with Gasteiger partial charge in [-0.2, -0.15) is 0 Å². The Hall–Kier alpha value is -1.24. The summed E-state index contributed by atoms with van der Waals surface area (Å²) in [6, 6.07) is 0. The van der Waals surface area contributed by atoms with Crippen LogP contribution in [0.4, 0.5) is 8.78 Å². The largest absolute Gasteiger partial charge is 0.376 e. The van der Waals surface area contributed by atoms with Crippen LogP contribution in [0.3, 0.4) is 0 Å². The number of hydrogen-bond acceptors (Lipinski definition) is 3. The molecule has 0 spiro atoms. The summed E-state index contributed by atoms with van der Waals surface area (Å²) in [7, 11) is 0. The van der Waals surface area contributed by atoms with E-state index >= 15 is 0 Å².